The number of aromatic nitrogens is 1. The number of benzene rings is 1. The first-order valence-corrected chi connectivity index (χ1v) is 10.3. The van der Waals surface area contributed by atoms with Crippen LogP contribution in [0.2, 0.25) is 0 Å². The van der Waals surface area contributed by atoms with E-state index >= 15 is 0 Å². The minimum atomic E-state index is 0.127. The maximum atomic E-state index is 4.63. The number of pyridine rings is 1. The summed E-state index contributed by atoms with van der Waals surface area (Å²) >= 11 is 3.68. The van der Waals surface area contributed by atoms with Crippen LogP contribution in [0.15, 0.2) is 71.9 Å². The highest BCUT2D eigenvalue weighted by Crippen LogP contribution is 2.45. The van der Waals surface area contributed by atoms with Gasteiger partial charge in [-0.1, -0.05) is 12.1 Å². The summed E-state index contributed by atoms with van der Waals surface area (Å²) in [4.78, 5) is 5.95. The molecule has 0 bridgehead atoms. The van der Waals surface area contributed by atoms with Gasteiger partial charge in [0.1, 0.15) is 0 Å². The van der Waals surface area contributed by atoms with Crippen molar-refractivity contribution in [3.63, 3.8) is 0 Å². The molecule has 1 aliphatic carbocycles. The topological polar surface area (TPSA) is 24.9 Å². The van der Waals surface area contributed by atoms with E-state index < -0.39 is 0 Å². The molecule has 4 heteroatoms. The largest absolute Gasteiger partial charge is 0.379 e. The molecule has 124 valence electrons. The fourth-order valence-corrected chi connectivity index (χ4v) is 5.82. The average Bonchev–Trinajstić information content (AvgIpc) is 3.33. The zero-order chi connectivity index (χ0) is 17.1. The van der Waals surface area contributed by atoms with Gasteiger partial charge in [-0.05, 0) is 70.8 Å². The minimum absolute atomic E-state index is 0.127. The average molecular weight is 371 g/mol. The van der Waals surface area contributed by atoms with Crippen LogP contribution in [0.1, 0.15) is 22.2 Å². The summed E-state index contributed by atoms with van der Waals surface area (Å²) < 4.78 is 2.70. The van der Waals surface area contributed by atoms with E-state index in [9.17, 15) is 0 Å². The zero-order valence-corrected chi connectivity index (χ0v) is 15.4. The Hall–Kier alpha value is -2.69. The molecule has 0 amide bonds. The van der Waals surface area contributed by atoms with Crippen molar-refractivity contribution in [2.75, 3.05) is 0 Å². The molecule has 1 N–H and O–H groups in total. The van der Waals surface area contributed by atoms with Crippen molar-refractivity contribution in [3.8, 4) is 0 Å². The number of rotatable bonds is 1. The Labute approximate surface area is 158 Å². The number of nitrogens with one attached hydrogen (secondary N) is 1. The van der Waals surface area contributed by atoms with Crippen LogP contribution >= 0.6 is 22.7 Å². The van der Waals surface area contributed by atoms with Gasteiger partial charge in [-0.2, -0.15) is 0 Å². The fraction of sp³-hybridized carbons (Fsp3) is 0.0455. The minimum Gasteiger partial charge on any atom is -0.379 e. The first-order valence-electron chi connectivity index (χ1n) is 8.58. The number of thiophene rings is 2. The van der Waals surface area contributed by atoms with Crippen LogP contribution in [-0.4, -0.2) is 4.98 Å². The summed E-state index contributed by atoms with van der Waals surface area (Å²) in [5, 5.41) is 8.39. The van der Waals surface area contributed by atoms with Crippen LogP contribution in [0, 0.1) is 0 Å². The van der Waals surface area contributed by atoms with E-state index in [1.54, 1.807) is 0 Å². The Kier molecular flexibility index (Phi) is 3.01. The summed E-state index contributed by atoms with van der Waals surface area (Å²) in [5.74, 6) is 0. The third-order valence-electron chi connectivity index (χ3n) is 5.10. The second-order valence-electron chi connectivity index (χ2n) is 6.54. The third-order valence-corrected chi connectivity index (χ3v) is 7.11. The summed E-state index contributed by atoms with van der Waals surface area (Å²) in [5.41, 5.74) is 4.91. The molecule has 4 heterocycles. The van der Waals surface area contributed by atoms with Gasteiger partial charge in [0.2, 0.25) is 0 Å². The zero-order valence-electron chi connectivity index (χ0n) is 13.8. The molecule has 0 saturated heterocycles. The standard InChI is InChI=1S/C22H14N2S2/c1-3-13-11-16(15-4-2-9-24-22(15)21(13)23-8-1)20-12-17-14-7-10-25-18(14)5-6-19(17)26-20/h1-12,22,24H. The molecule has 0 saturated carbocycles. The van der Waals surface area contributed by atoms with Gasteiger partial charge in [0.25, 0.3) is 0 Å². The van der Waals surface area contributed by atoms with E-state index in [0.717, 1.165) is 5.69 Å². The highest BCUT2D eigenvalue weighted by molar-refractivity contribution is 7.21. The lowest BCUT2D eigenvalue weighted by Gasteiger charge is -2.29. The summed E-state index contributed by atoms with van der Waals surface area (Å²) in [6, 6.07) is 13.4. The van der Waals surface area contributed by atoms with Gasteiger partial charge in [0.05, 0.1) is 11.7 Å². The predicted octanol–water partition coefficient (Wildman–Crippen LogP) is 6.15. The van der Waals surface area contributed by atoms with Crippen molar-refractivity contribution < 1.29 is 0 Å². The van der Waals surface area contributed by atoms with Crippen LogP contribution in [0.5, 0.6) is 0 Å². The monoisotopic (exact) mass is 370 g/mol. The van der Waals surface area contributed by atoms with Crippen molar-refractivity contribution >= 4 is 54.5 Å². The molecule has 2 aliphatic rings. The Morgan fingerprint density at radius 3 is 3.00 bits per heavy atom. The van der Waals surface area contributed by atoms with Crippen molar-refractivity contribution in [2.45, 2.75) is 6.04 Å². The summed E-state index contributed by atoms with van der Waals surface area (Å²) in [7, 11) is 0. The third kappa shape index (κ3) is 2.00. The number of hydrogen-bond donors (Lipinski definition) is 1. The first-order chi connectivity index (χ1) is 12.9. The van der Waals surface area contributed by atoms with Crippen LogP contribution in [0.25, 0.3) is 31.8 Å². The molecule has 0 radical (unpaired) electrons. The van der Waals surface area contributed by atoms with Crippen molar-refractivity contribution in [1.82, 2.24) is 10.3 Å². The van der Waals surface area contributed by atoms with E-state index in [0.29, 0.717) is 0 Å². The predicted molar refractivity (Wildman–Crippen MR) is 112 cm³/mol. The molecule has 4 aromatic rings. The van der Waals surface area contributed by atoms with E-state index in [1.165, 1.54) is 41.8 Å². The smallest absolute Gasteiger partial charge is 0.0948 e. The lowest BCUT2D eigenvalue weighted by atomic mass is 9.85. The van der Waals surface area contributed by atoms with Gasteiger partial charge in [-0.3, -0.25) is 4.98 Å². The van der Waals surface area contributed by atoms with E-state index in [2.05, 4.69) is 64.2 Å². The Morgan fingerprint density at radius 2 is 2.00 bits per heavy atom. The number of allylic oxidation sites excluding steroid dienone is 2. The molecule has 0 spiro atoms. The lowest BCUT2D eigenvalue weighted by molar-refractivity contribution is 0.693. The number of hydrogen-bond acceptors (Lipinski definition) is 4. The van der Waals surface area contributed by atoms with E-state index in [1.807, 2.05) is 41.1 Å². The van der Waals surface area contributed by atoms with Gasteiger partial charge < -0.3 is 5.32 Å². The molecule has 1 aliphatic heterocycles. The first kappa shape index (κ1) is 14.5. The van der Waals surface area contributed by atoms with Gasteiger partial charge in [0.15, 0.2) is 0 Å². The maximum Gasteiger partial charge on any atom is 0.0948 e. The summed E-state index contributed by atoms with van der Waals surface area (Å²) in [6.45, 7) is 0. The molecule has 1 atom stereocenters. The molecule has 0 fully saturated rings. The van der Waals surface area contributed by atoms with Crippen LogP contribution in [0.4, 0.5) is 0 Å². The van der Waals surface area contributed by atoms with Gasteiger partial charge in [-0.15, -0.1) is 22.7 Å². The van der Waals surface area contributed by atoms with Crippen LogP contribution < -0.4 is 5.32 Å². The molecule has 1 aromatic carbocycles. The Morgan fingerprint density at radius 1 is 1.04 bits per heavy atom. The lowest BCUT2D eigenvalue weighted by Crippen LogP contribution is -2.24. The molecule has 1 unspecified atom stereocenters. The normalized spacial score (nSPS) is 18.2. The van der Waals surface area contributed by atoms with Gasteiger partial charge >= 0.3 is 0 Å². The molecule has 2 nitrogen and oxygen atoms in total. The Bertz CT molecular complexity index is 1270. The molecular weight excluding hydrogens is 356 g/mol. The number of dihydropyridines is 1. The maximum absolute atomic E-state index is 4.63. The fourth-order valence-electron chi connectivity index (χ4n) is 3.90. The van der Waals surface area contributed by atoms with Crippen molar-refractivity contribution in [3.05, 3.63) is 88.0 Å². The van der Waals surface area contributed by atoms with Crippen LogP contribution in [-0.2, 0) is 0 Å². The highest BCUT2D eigenvalue weighted by Gasteiger charge is 2.29. The highest BCUT2D eigenvalue weighted by atomic mass is 32.1. The second kappa shape index (κ2) is 5.40. The second-order valence-corrected chi connectivity index (χ2v) is 8.57. The molecule has 3 aromatic heterocycles. The van der Waals surface area contributed by atoms with Gasteiger partial charge in [-0.25, -0.2) is 0 Å². The quantitative estimate of drug-likeness (QED) is 0.435. The van der Waals surface area contributed by atoms with E-state index in [4.69, 9.17) is 0 Å². The SMILES string of the molecule is C1=CNC2C(=C1)C(c1cc3c(ccc4sccc43)s1)=Cc1cccnc12. The molecular formula is C22H14N2S2. The van der Waals surface area contributed by atoms with Gasteiger partial charge in [0, 0.05) is 31.2 Å². The molecule has 6 rings (SSSR count). The van der Waals surface area contributed by atoms with E-state index in [-0.39, 0.29) is 6.04 Å². The molecule has 26 heavy (non-hydrogen) atoms. The summed E-state index contributed by atoms with van der Waals surface area (Å²) in [6.07, 6.45) is 10.5. The van der Waals surface area contributed by atoms with Crippen molar-refractivity contribution in [1.29, 1.82) is 0 Å². The van der Waals surface area contributed by atoms with Crippen LogP contribution in [0.3, 0.4) is 0 Å². The number of fused-ring (bicyclic) bond motifs is 6. The number of nitrogens with zero attached hydrogens (tertiary/aromatic N) is 1. The Balaban J connectivity index is 1.62. The van der Waals surface area contributed by atoms with Crippen molar-refractivity contribution in [2.24, 2.45) is 0 Å².